The first-order chi connectivity index (χ1) is 9.79. The van der Waals surface area contributed by atoms with Crippen molar-refractivity contribution < 1.29 is 0 Å². The summed E-state index contributed by atoms with van der Waals surface area (Å²) >= 11 is 1.89. The molecular weight excluding hydrogens is 262 g/mol. The summed E-state index contributed by atoms with van der Waals surface area (Å²) < 4.78 is 1.43. The SMILES string of the molecule is CCNC(c1csc2ccccc12)C1CCC(C)CC1. The third-order valence-electron chi connectivity index (χ3n) is 4.80. The zero-order valence-corrected chi connectivity index (χ0v) is 13.4. The molecular formula is C18H25NS. The topological polar surface area (TPSA) is 12.0 Å². The Bertz CT molecular complexity index is 551. The maximum absolute atomic E-state index is 3.77. The fraction of sp³-hybridized carbons (Fsp3) is 0.556. The molecule has 0 spiro atoms. The minimum Gasteiger partial charge on any atom is -0.310 e. The predicted octanol–water partition coefficient (Wildman–Crippen LogP) is 5.38. The average molecular weight is 287 g/mol. The molecule has 1 N–H and O–H groups in total. The normalized spacial score (nSPS) is 24.9. The Kier molecular flexibility index (Phi) is 4.42. The van der Waals surface area contributed by atoms with Crippen molar-refractivity contribution in [1.82, 2.24) is 5.32 Å². The summed E-state index contributed by atoms with van der Waals surface area (Å²) in [7, 11) is 0. The van der Waals surface area contributed by atoms with E-state index in [-0.39, 0.29) is 0 Å². The van der Waals surface area contributed by atoms with E-state index in [4.69, 9.17) is 0 Å². The van der Waals surface area contributed by atoms with Crippen molar-refractivity contribution in [2.45, 2.75) is 45.6 Å². The largest absolute Gasteiger partial charge is 0.310 e. The fourth-order valence-corrected chi connectivity index (χ4v) is 4.61. The molecule has 1 aromatic heterocycles. The van der Waals surface area contributed by atoms with Crippen LogP contribution in [0.5, 0.6) is 0 Å². The Morgan fingerprint density at radius 3 is 2.70 bits per heavy atom. The number of hydrogen-bond acceptors (Lipinski definition) is 2. The second-order valence-electron chi connectivity index (χ2n) is 6.24. The van der Waals surface area contributed by atoms with Gasteiger partial charge in [-0.3, -0.25) is 0 Å². The van der Waals surface area contributed by atoms with Crippen LogP contribution in [0.3, 0.4) is 0 Å². The molecule has 0 saturated heterocycles. The van der Waals surface area contributed by atoms with Gasteiger partial charge in [-0.1, -0.05) is 44.9 Å². The first-order valence-corrected chi connectivity index (χ1v) is 8.87. The number of hydrogen-bond donors (Lipinski definition) is 1. The minimum atomic E-state index is 0.545. The molecule has 108 valence electrons. The molecule has 0 radical (unpaired) electrons. The van der Waals surface area contributed by atoms with Crippen molar-refractivity contribution in [3.63, 3.8) is 0 Å². The lowest BCUT2D eigenvalue weighted by Gasteiger charge is -2.33. The van der Waals surface area contributed by atoms with Gasteiger partial charge in [0.1, 0.15) is 0 Å². The highest BCUT2D eigenvalue weighted by Crippen LogP contribution is 2.40. The van der Waals surface area contributed by atoms with Gasteiger partial charge in [0.2, 0.25) is 0 Å². The lowest BCUT2D eigenvalue weighted by molar-refractivity contribution is 0.234. The summed E-state index contributed by atoms with van der Waals surface area (Å²) in [5.74, 6) is 1.73. The van der Waals surface area contributed by atoms with Crippen LogP contribution >= 0.6 is 11.3 Å². The fourth-order valence-electron chi connectivity index (χ4n) is 3.61. The Morgan fingerprint density at radius 2 is 1.95 bits per heavy atom. The minimum absolute atomic E-state index is 0.545. The summed E-state index contributed by atoms with van der Waals surface area (Å²) in [6.07, 6.45) is 5.55. The van der Waals surface area contributed by atoms with Gasteiger partial charge in [-0.05, 0) is 53.6 Å². The molecule has 1 saturated carbocycles. The number of thiophene rings is 1. The molecule has 2 aromatic rings. The quantitative estimate of drug-likeness (QED) is 0.796. The van der Waals surface area contributed by atoms with Crippen molar-refractivity contribution >= 4 is 21.4 Å². The van der Waals surface area contributed by atoms with E-state index in [2.05, 4.69) is 48.8 Å². The van der Waals surface area contributed by atoms with Gasteiger partial charge in [-0.15, -0.1) is 11.3 Å². The smallest absolute Gasteiger partial charge is 0.0363 e. The molecule has 0 aliphatic heterocycles. The van der Waals surface area contributed by atoms with E-state index >= 15 is 0 Å². The molecule has 20 heavy (non-hydrogen) atoms. The second kappa shape index (κ2) is 6.28. The monoisotopic (exact) mass is 287 g/mol. The standard InChI is InChI=1S/C18H25NS/c1-3-19-18(14-10-8-13(2)9-11-14)16-12-20-17-7-5-4-6-15(16)17/h4-7,12-14,18-19H,3,8-11H2,1-2H3. The van der Waals surface area contributed by atoms with Gasteiger partial charge < -0.3 is 5.32 Å². The van der Waals surface area contributed by atoms with Crippen LogP contribution in [0, 0.1) is 11.8 Å². The Hall–Kier alpha value is -0.860. The van der Waals surface area contributed by atoms with Gasteiger partial charge in [0.05, 0.1) is 0 Å². The molecule has 0 bridgehead atoms. The zero-order valence-electron chi connectivity index (χ0n) is 12.6. The summed E-state index contributed by atoms with van der Waals surface area (Å²) in [5, 5.41) is 7.61. The number of fused-ring (bicyclic) bond motifs is 1. The van der Waals surface area contributed by atoms with Crippen molar-refractivity contribution in [3.8, 4) is 0 Å². The van der Waals surface area contributed by atoms with Gasteiger partial charge in [-0.2, -0.15) is 0 Å². The number of benzene rings is 1. The lowest BCUT2D eigenvalue weighted by atomic mass is 9.77. The van der Waals surface area contributed by atoms with Crippen LogP contribution in [0.1, 0.15) is 51.1 Å². The Morgan fingerprint density at radius 1 is 1.20 bits per heavy atom. The van der Waals surface area contributed by atoms with E-state index in [0.717, 1.165) is 18.4 Å². The molecule has 1 aliphatic carbocycles. The maximum atomic E-state index is 3.77. The molecule has 1 aromatic carbocycles. The van der Waals surface area contributed by atoms with Crippen LogP contribution in [-0.2, 0) is 0 Å². The van der Waals surface area contributed by atoms with Crippen molar-refractivity contribution in [1.29, 1.82) is 0 Å². The van der Waals surface area contributed by atoms with Gasteiger partial charge in [0.15, 0.2) is 0 Å². The molecule has 1 fully saturated rings. The van der Waals surface area contributed by atoms with Gasteiger partial charge in [-0.25, -0.2) is 0 Å². The molecule has 0 amide bonds. The van der Waals surface area contributed by atoms with Crippen LogP contribution < -0.4 is 5.32 Å². The molecule has 3 rings (SSSR count). The first-order valence-electron chi connectivity index (χ1n) is 7.99. The summed E-state index contributed by atoms with van der Waals surface area (Å²) in [5.41, 5.74) is 1.53. The molecule has 1 aliphatic rings. The molecule has 1 heterocycles. The van der Waals surface area contributed by atoms with Gasteiger partial charge >= 0.3 is 0 Å². The summed E-state index contributed by atoms with van der Waals surface area (Å²) in [6.45, 7) is 5.69. The average Bonchev–Trinajstić information content (AvgIpc) is 2.90. The number of nitrogens with one attached hydrogen (secondary N) is 1. The Labute approximate surface area is 126 Å². The van der Waals surface area contributed by atoms with E-state index in [1.165, 1.54) is 41.3 Å². The second-order valence-corrected chi connectivity index (χ2v) is 7.15. The van der Waals surface area contributed by atoms with Gasteiger partial charge in [0.25, 0.3) is 0 Å². The highest BCUT2D eigenvalue weighted by Gasteiger charge is 2.28. The van der Waals surface area contributed by atoms with Gasteiger partial charge in [0, 0.05) is 10.7 Å². The third kappa shape index (κ3) is 2.77. The highest BCUT2D eigenvalue weighted by molar-refractivity contribution is 7.17. The van der Waals surface area contributed by atoms with Crippen molar-refractivity contribution in [2.24, 2.45) is 11.8 Å². The van der Waals surface area contributed by atoms with Crippen LogP contribution in [0.15, 0.2) is 29.6 Å². The zero-order chi connectivity index (χ0) is 13.9. The molecule has 1 unspecified atom stereocenters. The van der Waals surface area contributed by atoms with Crippen LogP contribution in [0.25, 0.3) is 10.1 Å². The Balaban J connectivity index is 1.90. The lowest BCUT2D eigenvalue weighted by Crippen LogP contribution is -2.30. The third-order valence-corrected chi connectivity index (χ3v) is 5.78. The predicted molar refractivity (Wildman–Crippen MR) is 89.4 cm³/mol. The molecule has 2 heteroatoms. The van der Waals surface area contributed by atoms with Crippen molar-refractivity contribution in [3.05, 3.63) is 35.2 Å². The van der Waals surface area contributed by atoms with Crippen LogP contribution in [-0.4, -0.2) is 6.54 Å². The van der Waals surface area contributed by atoms with Crippen LogP contribution in [0.2, 0.25) is 0 Å². The molecule has 1 nitrogen and oxygen atoms in total. The summed E-state index contributed by atoms with van der Waals surface area (Å²) in [6, 6.07) is 9.40. The van der Waals surface area contributed by atoms with E-state index in [0.29, 0.717) is 6.04 Å². The summed E-state index contributed by atoms with van der Waals surface area (Å²) in [4.78, 5) is 0. The highest BCUT2D eigenvalue weighted by atomic mass is 32.1. The van der Waals surface area contributed by atoms with Crippen molar-refractivity contribution in [2.75, 3.05) is 6.54 Å². The van der Waals surface area contributed by atoms with E-state index < -0.39 is 0 Å². The first kappa shape index (κ1) is 14.1. The van der Waals surface area contributed by atoms with E-state index in [1.54, 1.807) is 0 Å². The van der Waals surface area contributed by atoms with Crippen LogP contribution in [0.4, 0.5) is 0 Å². The maximum Gasteiger partial charge on any atom is 0.0363 e. The van der Waals surface area contributed by atoms with E-state index in [9.17, 15) is 0 Å². The molecule has 1 atom stereocenters. The van der Waals surface area contributed by atoms with E-state index in [1.807, 2.05) is 11.3 Å². The number of rotatable bonds is 4.